The Hall–Kier alpha value is -1.18. The van der Waals surface area contributed by atoms with Gasteiger partial charge in [0, 0.05) is 6.92 Å². The second-order valence-electron chi connectivity index (χ2n) is 17.2. The van der Waals surface area contributed by atoms with Gasteiger partial charge in [-0.2, -0.15) is 0 Å². The van der Waals surface area contributed by atoms with Crippen LogP contribution >= 0.6 is 0 Å². The summed E-state index contributed by atoms with van der Waals surface area (Å²) in [6.07, 6.45) is 25.2. The Labute approximate surface area is 306 Å². The Kier molecular flexibility index (Phi) is 18.4. The monoisotopic (exact) mass is 705 g/mol. The highest BCUT2D eigenvalue weighted by atomic mass is 16.7. The average molecular weight is 705 g/mol. The highest BCUT2D eigenvalue weighted by molar-refractivity contribution is 5.72. The van der Waals surface area contributed by atoms with Gasteiger partial charge in [-0.1, -0.05) is 46.5 Å². The summed E-state index contributed by atoms with van der Waals surface area (Å²) >= 11 is 0. The summed E-state index contributed by atoms with van der Waals surface area (Å²) in [5.74, 6) is 5.05. The van der Waals surface area contributed by atoms with E-state index in [1.165, 1.54) is 84.0 Å². The maximum absolute atomic E-state index is 12.6. The Morgan fingerprint density at radius 1 is 0.700 bits per heavy atom. The SMILES string of the molecule is CCCCC1CCC(C(=O)OCCOC(C)OC2CCC(C(CC)CC(CC(C)C3CCC(OC(C)=O)CC3)C3CCC(O)CC3)CC2)CC1. The van der Waals surface area contributed by atoms with Crippen molar-refractivity contribution < 1.29 is 33.6 Å². The Morgan fingerprint density at radius 3 is 1.92 bits per heavy atom. The van der Waals surface area contributed by atoms with Gasteiger partial charge in [0.1, 0.15) is 12.7 Å². The molecule has 4 aliphatic carbocycles. The van der Waals surface area contributed by atoms with Gasteiger partial charge in [-0.25, -0.2) is 0 Å². The molecule has 290 valence electrons. The summed E-state index contributed by atoms with van der Waals surface area (Å²) < 4.78 is 23.4. The topological polar surface area (TPSA) is 91.3 Å². The largest absolute Gasteiger partial charge is 0.463 e. The molecule has 7 nitrogen and oxygen atoms in total. The third-order valence-corrected chi connectivity index (χ3v) is 13.7. The van der Waals surface area contributed by atoms with Crippen molar-refractivity contribution in [3.63, 3.8) is 0 Å². The summed E-state index contributed by atoms with van der Waals surface area (Å²) in [7, 11) is 0. The van der Waals surface area contributed by atoms with E-state index < -0.39 is 0 Å². The third-order valence-electron chi connectivity index (χ3n) is 13.7. The predicted octanol–water partition coefficient (Wildman–Crippen LogP) is 10.2. The lowest BCUT2D eigenvalue weighted by Gasteiger charge is -2.41. The molecule has 0 aromatic carbocycles. The first kappa shape index (κ1) is 41.6. The standard InChI is InChI=1S/C43H76O7/c1-6-8-9-33-10-12-38(13-11-33)43(46)48-27-26-47-32(5)50-42-24-18-36(19-25-42)34(7-2)29-39(37-14-20-40(45)21-15-37)28-30(3)35-16-22-41(23-17-35)49-31(4)44/h30,32-42,45H,6-29H2,1-5H3. The van der Waals surface area contributed by atoms with Crippen LogP contribution in [0.1, 0.15) is 176 Å². The maximum atomic E-state index is 12.6. The first-order chi connectivity index (χ1) is 24.1. The van der Waals surface area contributed by atoms with Gasteiger partial charge in [-0.3, -0.25) is 9.59 Å². The van der Waals surface area contributed by atoms with Gasteiger partial charge in [0.15, 0.2) is 6.29 Å². The lowest BCUT2D eigenvalue weighted by Crippen LogP contribution is -2.33. The second-order valence-corrected chi connectivity index (χ2v) is 17.2. The van der Waals surface area contributed by atoms with Crippen LogP contribution in [-0.4, -0.2) is 54.9 Å². The Bertz CT molecular complexity index is 939. The van der Waals surface area contributed by atoms with Gasteiger partial charge in [0.05, 0.1) is 24.7 Å². The second kappa shape index (κ2) is 22.1. The molecule has 0 aromatic heterocycles. The summed E-state index contributed by atoms with van der Waals surface area (Å²) in [5, 5.41) is 10.3. The van der Waals surface area contributed by atoms with Crippen molar-refractivity contribution in [2.75, 3.05) is 13.2 Å². The van der Waals surface area contributed by atoms with Crippen LogP contribution in [0.4, 0.5) is 0 Å². The van der Waals surface area contributed by atoms with E-state index in [4.69, 9.17) is 18.9 Å². The molecule has 0 aromatic rings. The normalized spacial score (nSPS) is 33.2. The first-order valence-corrected chi connectivity index (χ1v) is 21.4. The number of aliphatic hydroxyl groups is 1. The van der Waals surface area contributed by atoms with Gasteiger partial charge in [-0.15, -0.1) is 0 Å². The fourth-order valence-electron chi connectivity index (χ4n) is 10.5. The van der Waals surface area contributed by atoms with Gasteiger partial charge >= 0.3 is 11.9 Å². The van der Waals surface area contributed by atoms with Crippen LogP contribution in [0.5, 0.6) is 0 Å². The lowest BCUT2D eigenvalue weighted by molar-refractivity contribution is -0.179. The zero-order valence-electron chi connectivity index (χ0n) is 32.8. The molecule has 0 saturated heterocycles. The number of carbonyl (C=O) groups is 2. The Balaban J connectivity index is 1.16. The molecule has 7 heteroatoms. The van der Waals surface area contributed by atoms with Crippen LogP contribution in [0, 0.1) is 47.3 Å². The highest BCUT2D eigenvalue weighted by Crippen LogP contribution is 2.45. The molecular weight excluding hydrogens is 628 g/mol. The third kappa shape index (κ3) is 14.0. The number of unbranched alkanes of at least 4 members (excludes halogenated alkanes) is 1. The van der Waals surface area contributed by atoms with E-state index in [9.17, 15) is 14.7 Å². The van der Waals surface area contributed by atoms with Crippen molar-refractivity contribution in [1.29, 1.82) is 0 Å². The summed E-state index contributed by atoms with van der Waals surface area (Å²) in [6.45, 7) is 11.3. The van der Waals surface area contributed by atoms with E-state index in [-0.39, 0.29) is 42.5 Å². The van der Waals surface area contributed by atoms with Crippen molar-refractivity contribution >= 4 is 11.9 Å². The van der Waals surface area contributed by atoms with Crippen molar-refractivity contribution in [3.05, 3.63) is 0 Å². The molecule has 0 amide bonds. The maximum Gasteiger partial charge on any atom is 0.309 e. The highest BCUT2D eigenvalue weighted by Gasteiger charge is 2.36. The smallest absolute Gasteiger partial charge is 0.309 e. The lowest BCUT2D eigenvalue weighted by atomic mass is 9.66. The van der Waals surface area contributed by atoms with E-state index in [0.29, 0.717) is 19.1 Å². The predicted molar refractivity (Wildman–Crippen MR) is 199 cm³/mol. The molecule has 4 fully saturated rings. The average Bonchev–Trinajstić information content (AvgIpc) is 3.12. The summed E-state index contributed by atoms with van der Waals surface area (Å²) in [4.78, 5) is 24.1. The molecule has 50 heavy (non-hydrogen) atoms. The summed E-state index contributed by atoms with van der Waals surface area (Å²) in [6, 6.07) is 0. The quantitative estimate of drug-likeness (QED) is 0.0813. The molecule has 4 unspecified atom stereocenters. The van der Waals surface area contributed by atoms with Crippen LogP contribution in [-0.2, 0) is 28.5 Å². The minimum Gasteiger partial charge on any atom is -0.463 e. The van der Waals surface area contributed by atoms with E-state index >= 15 is 0 Å². The summed E-state index contributed by atoms with van der Waals surface area (Å²) in [5.41, 5.74) is 0. The molecule has 0 spiro atoms. The van der Waals surface area contributed by atoms with Crippen LogP contribution in [0.3, 0.4) is 0 Å². The number of hydrogen-bond donors (Lipinski definition) is 1. The number of aliphatic hydroxyl groups excluding tert-OH is 1. The number of rotatable bonds is 19. The molecule has 0 aliphatic heterocycles. The van der Waals surface area contributed by atoms with Crippen LogP contribution < -0.4 is 0 Å². The van der Waals surface area contributed by atoms with Gasteiger partial charge in [0.2, 0.25) is 0 Å². The molecule has 1 N–H and O–H groups in total. The fraction of sp³-hybridized carbons (Fsp3) is 0.953. The molecule has 4 saturated carbocycles. The zero-order valence-corrected chi connectivity index (χ0v) is 32.8. The zero-order chi connectivity index (χ0) is 35.9. The minimum absolute atomic E-state index is 0.0407. The molecule has 0 bridgehead atoms. The number of carbonyl (C=O) groups excluding carboxylic acids is 2. The first-order valence-electron chi connectivity index (χ1n) is 21.4. The van der Waals surface area contributed by atoms with Crippen molar-refractivity contribution in [2.24, 2.45) is 47.3 Å². The molecule has 4 atom stereocenters. The van der Waals surface area contributed by atoms with E-state index in [2.05, 4.69) is 20.8 Å². The van der Waals surface area contributed by atoms with E-state index in [1.54, 1.807) is 0 Å². The van der Waals surface area contributed by atoms with Crippen molar-refractivity contribution in [2.45, 2.75) is 200 Å². The van der Waals surface area contributed by atoms with E-state index in [1.807, 2.05) is 6.92 Å². The number of hydrogen-bond acceptors (Lipinski definition) is 7. The number of ether oxygens (including phenoxy) is 4. The van der Waals surface area contributed by atoms with Gasteiger partial charge in [-0.05, 0) is 164 Å². The molecule has 4 rings (SSSR count). The van der Waals surface area contributed by atoms with E-state index in [0.717, 1.165) is 99.7 Å². The fourth-order valence-corrected chi connectivity index (χ4v) is 10.5. The van der Waals surface area contributed by atoms with Gasteiger partial charge in [0.25, 0.3) is 0 Å². The molecule has 0 heterocycles. The number of esters is 2. The minimum atomic E-state index is -0.289. The van der Waals surface area contributed by atoms with Crippen molar-refractivity contribution in [3.8, 4) is 0 Å². The van der Waals surface area contributed by atoms with Crippen LogP contribution in [0.15, 0.2) is 0 Å². The van der Waals surface area contributed by atoms with Crippen LogP contribution in [0.25, 0.3) is 0 Å². The van der Waals surface area contributed by atoms with Crippen LogP contribution in [0.2, 0.25) is 0 Å². The molecule has 4 aliphatic rings. The van der Waals surface area contributed by atoms with Gasteiger partial charge < -0.3 is 24.1 Å². The van der Waals surface area contributed by atoms with Crippen molar-refractivity contribution in [1.82, 2.24) is 0 Å². The molecular formula is C43H76O7. The molecule has 0 radical (unpaired) electrons. The Morgan fingerprint density at radius 2 is 1.30 bits per heavy atom.